The van der Waals surface area contributed by atoms with E-state index < -0.39 is 14.9 Å². The van der Waals surface area contributed by atoms with Crippen LogP contribution in [0.3, 0.4) is 0 Å². The van der Waals surface area contributed by atoms with Crippen LogP contribution in [0.4, 0.5) is 11.4 Å². The van der Waals surface area contributed by atoms with Crippen molar-refractivity contribution in [1.29, 1.82) is 0 Å². The lowest BCUT2D eigenvalue weighted by molar-refractivity contribution is -0.384. The van der Waals surface area contributed by atoms with Gasteiger partial charge in [0.25, 0.3) is 5.69 Å². The topological polar surface area (TPSA) is 114 Å². The summed E-state index contributed by atoms with van der Waals surface area (Å²) in [5.41, 5.74) is 4.64. The molecule has 10 heteroatoms. The van der Waals surface area contributed by atoms with Crippen molar-refractivity contribution < 1.29 is 18.1 Å². The first-order valence-corrected chi connectivity index (χ1v) is 10.9. The Kier molecular flexibility index (Phi) is 6.06. The summed E-state index contributed by atoms with van der Waals surface area (Å²) in [5, 5.41) is 15.9. The minimum atomic E-state index is -3.82. The molecule has 29 heavy (non-hydrogen) atoms. The third kappa shape index (κ3) is 5.01. The van der Waals surface area contributed by atoms with Crippen molar-refractivity contribution in [3.8, 4) is 0 Å². The molecule has 9 nitrogen and oxygen atoms in total. The van der Waals surface area contributed by atoms with E-state index in [0.29, 0.717) is 13.2 Å². The van der Waals surface area contributed by atoms with Gasteiger partial charge in [-0.3, -0.25) is 15.5 Å². The Balaban J connectivity index is 1.88. The Labute approximate surface area is 170 Å². The first-order chi connectivity index (χ1) is 13.6. The van der Waals surface area contributed by atoms with Gasteiger partial charge in [-0.05, 0) is 43.4 Å². The highest BCUT2D eigenvalue weighted by molar-refractivity contribution is 7.89. The molecule has 0 aromatic heterocycles. The molecular weight excluding hydrogens is 396 g/mol. The molecule has 1 fully saturated rings. The van der Waals surface area contributed by atoms with Crippen LogP contribution in [-0.4, -0.2) is 49.7 Å². The average Bonchev–Trinajstić information content (AvgIpc) is 2.65. The van der Waals surface area contributed by atoms with E-state index in [-0.39, 0.29) is 34.8 Å². The smallest absolute Gasteiger partial charge is 0.295 e. The number of rotatable bonds is 5. The van der Waals surface area contributed by atoms with Crippen LogP contribution in [0.15, 0.2) is 39.8 Å². The molecule has 0 amide bonds. The quantitative estimate of drug-likeness (QED) is 0.576. The van der Waals surface area contributed by atoms with Gasteiger partial charge < -0.3 is 4.74 Å². The zero-order chi connectivity index (χ0) is 21.2. The number of ether oxygens (including phenoxy) is 1. The Morgan fingerprint density at radius 2 is 1.93 bits per heavy atom. The van der Waals surface area contributed by atoms with Crippen LogP contribution in [-0.2, 0) is 14.8 Å². The predicted octanol–water partition coefficient (Wildman–Crippen LogP) is 3.15. The summed E-state index contributed by atoms with van der Waals surface area (Å²) in [6.07, 6.45) is 3.69. The molecule has 0 spiro atoms. The number of hydrogen-bond donors (Lipinski definition) is 1. The number of anilines is 1. The Hall–Kier alpha value is -2.30. The van der Waals surface area contributed by atoms with Crippen LogP contribution in [0.2, 0.25) is 0 Å². The van der Waals surface area contributed by atoms with E-state index in [9.17, 15) is 18.5 Å². The van der Waals surface area contributed by atoms with E-state index in [4.69, 9.17) is 4.74 Å². The van der Waals surface area contributed by atoms with Gasteiger partial charge in [-0.1, -0.05) is 19.4 Å². The molecule has 3 rings (SSSR count). The van der Waals surface area contributed by atoms with Gasteiger partial charge >= 0.3 is 0 Å². The fourth-order valence-electron chi connectivity index (χ4n) is 3.75. The number of nitro groups is 1. The van der Waals surface area contributed by atoms with Crippen LogP contribution in [0.5, 0.6) is 0 Å². The molecule has 1 saturated heterocycles. The fourth-order valence-corrected chi connectivity index (χ4v) is 5.18. The van der Waals surface area contributed by atoms with Crippen LogP contribution >= 0.6 is 0 Å². The minimum Gasteiger partial charge on any atom is -0.379 e. The fraction of sp³-hybridized carbons (Fsp3) is 0.526. The van der Waals surface area contributed by atoms with Gasteiger partial charge in [-0.15, -0.1) is 0 Å². The lowest BCUT2D eigenvalue weighted by Gasteiger charge is -2.29. The number of benzene rings is 1. The van der Waals surface area contributed by atoms with Crippen LogP contribution in [0, 0.1) is 15.5 Å². The summed E-state index contributed by atoms with van der Waals surface area (Å²) < 4.78 is 32.0. The molecule has 0 bridgehead atoms. The molecule has 1 aliphatic carbocycles. The number of nitro benzene ring substituents is 1. The SMILES string of the molecule is CC1=C/C(=N/Nc2ccc(S(=O)(=O)N3CCOCC3)cc2[N+](=O)[O-])CC(C)(C)C1. The summed E-state index contributed by atoms with van der Waals surface area (Å²) in [4.78, 5) is 10.8. The van der Waals surface area contributed by atoms with E-state index in [1.807, 2.05) is 13.0 Å². The summed E-state index contributed by atoms with van der Waals surface area (Å²) in [5.74, 6) is 0. The van der Waals surface area contributed by atoms with E-state index in [1.54, 1.807) is 0 Å². The number of hydrogen-bond acceptors (Lipinski definition) is 7. The lowest BCUT2D eigenvalue weighted by atomic mass is 9.77. The minimum absolute atomic E-state index is 0.0708. The second kappa shape index (κ2) is 8.21. The van der Waals surface area contributed by atoms with Crippen molar-refractivity contribution >= 4 is 27.1 Å². The maximum atomic E-state index is 12.8. The Morgan fingerprint density at radius 1 is 1.24 bits per heavy atom. The summed E-state index contributed by atoms with van der Waals surface area (Å²) in [6.45, 7) is 7.39. The Bertz CT molecular complexity index is 963. The molecule has 0 saturated carbocycles. The molecule has 0 atom stereocenters. The van der Waals surface area contributed by atoms with Gasteiger partial charge in [0.1, 0.15) is 5.69 Å². The lowest BCUT2D eigenvalue weighted by Crippen LogP contribution is -2.40. The summed E-state index contributed by atoms with van der Waals surface area (Å²) in [6, 6.07) is 3.84. The van der Waals surface area contributed by atoms with Crippen molar-refractivity contribution in [1.82, 2.24) is 4.31 Å². The molecule has 2 aliphatic rings. The highest BCUT2D eigenvalue weighted by Gasteiger charge is 2.29. The number of nitrogens with zero attached hydrogens (tertiary/aromatic N) is 3. The molecule has 0 radical (unpaired) electrons. The molecule has 1 aromatic carbocycles. The molecule has 0 unspecified atom stereocenters. The van der Waals surface area contributed by atoms with Gasteiger partial charge in [0, 0.05) is 19.2 Å². The summed E-state index contributed by atoms with van der Waals surface area (Å²) in [7, 11) is -3.82. The largest absolute Gasteiger partial charge is 0.379 e. The van der Waals surface area contributed by atoms with Gasteiger partial charge in [0.2, 0.25) is 10.0 Å². The van der Waals surface area contributed by atoms with Crippen molar-refractivity contribution in [2.45, 2.75) is 38.5 Å². The zero-order valence-corrected chi connectivity index (χ0v) is 17.7. The van der Waals surface area contributed by atoms with Crippen LogP contribution in [0.1, 0.15) is 33.6 Å². The maximum Gasteiger partial charge on any atom is 0.295 e. The molecule has 1 aliphatic heterocycles. The van der Waals surface area contributed by atoms with E-state index in [1.165, 1.54) is 22.0 Å². The van der Waals surface area contributed by atoms with Crippen molar-refractivity contribution in [2.75, 3.05) is 31.7 Å². The number of hydrazone groups is 1. The third-order valence-corrected chi connectivity index (χ3v) is 6.82. The van der Waals surface area contributed by atoms with Gasteiger partial charge in [0.15, 0.2) is 0 Å². The zero-order valence-electron chi connectivity index (χ0n) is 16.8. The number of morpholine rings is 1. The standard InChI is InChI=1S/C19H26N4O5S/c1-14-10-15(13-19(2,3)12-14)20-21-17-5-4-16(11-18(17)23(24)25)29(26,27)22-6-8-28-9-7-22/h4-5,10-11,21H,6-9,12-13H2,1-3H3/b20-15-. The molecule has 158 valence electrons. The number of allylic oxidation sites excluding steroid dienone is 2. The van der Waals surface area contributed by atoms with E-state index in [2.05, 4.69) is 24.4 Å². The highest BCUT2D eigenvalue weighted by Crippen LogP contribution is 2.34. The monoisotopic (exact) mass is 422 g/mol. The Morgan fingerprint density at radius 3 is 2.55 bits per heavy atom. The van der Waals surface area contributed by atoms with Crippen LogP contribution in [0.25, 0.3) is 0 Å². The molecule has 1 N–H and O–H groups in total. The predicted molar refractivity (Wildman–Crippen MR) is 111 cm³/mol. The summed E-state index contributed by atoms with van der Waals surface area (Å²) >= 11 is 0. The van der Waals surface area contributed by atoms with Crippen LogP contribution < -0.4 is 5.43 Å². The van der Waals surface area contributed by atoms with Gasteiger partial charge in [-0.2, -0.15) is 9.41 Å². The highest BCUT2D eigenvalue weighted by atomic mass is 32.2. The van der Waals surface area contributed by atoms with Crippen molar-refractivity contribution in [3.05, 3.63) is 40.0 Å². The number of sulfonamides is 1. The second-order valence-corrected chi connectivity index (χ2v) is 10.1. The third-order valence-electron chi connectivity index (χ3n) is 4.92. The van der Waals surface area contributed by atoms with Crippen molar-refractivity contribution in [2.24, 2.45) is 10.5 Å². The average molecular weight is 423 g/mol. The van der Waals surface area contributed by atoms with E-state index >= 15 is 0 Å². The number of nitrogens with one attached hydrogen (secondary N) is 1. The molecular formula is C19H26N4O5S. The van der Waals surface area contributed by atoms with Gasteiger partial charge in [0.05, 0.1) is 28.7 Å². The second-order valence-electron chi connectivity index (χ2n) is 8.18. The molecule has 1 heterocycles. The normalized spacial score (nSPS) is 21.6. The first kappa shape index (κ1) is 21.4. The molecule has 1 aromatic rings. The maximum absolute atomic E-state index is 12.8. The van der Waals surface area contributed by atoms with Crippen molar-refractivity contribution in [3.63, 3.8) is 0 Å². The van der Waals surface area contributed by atoms with Gasteiger partial charge in [-0.25, -0.2) is 8.42 Å². The van der Waals surface area contributed by atoms with E-state index in [0.717, 1.165) is 24.6 Å². The first-order valence-electron chi connectivity index (χ1n) is 9.45.